The van der Waals surface area contributed by atoms with Gasteiger partial charge in [-0.1, -0.05) is 157 Å². The van der Waals surface area contributed by atoms with E-state index < -0.39 is 5.41 Å². The second kappa shape index (κ2) is 11.6. The van der Waals surface area contributed by atoms with E-state index in [9.17, 15) is 0 Å². The predicted octanol–water partition coefficient (Wildman–Crippen LogP) is 11.7. The van der Waals surface area contributed by atoms with Crippen molar-refractivity contribution in [3.63, 3.8) is 0 Å². The standard InChI is InChI=1S/C46H28ClN3O/c47-33-26-27-36-35(28-33)42-34(16-11-19-39(42)46(36)37-17-7-9-20-40(37)51-41-21-10-8-18-38(41)46)29-22-24-32(25-23-29)45-49-43(30-12-3-1-4-13-30)48-44(50-45)31-14-5-2-6-15-31/h1-28H. The molecule has 10 rings (SSSR count). The number of hydrogen-bond acceptors (Lipinski definition) is 4. The Labute approximate surface area is 300 Å². The minimum absolute atomic E-state index is 0.566. The third kappa shape index (κ3) is 4.57. The number of aromatic nitrogens is 3. The number of hydrogen-bond donors (Lipinski definition) is 0. The Bertz CT molecular complexity index is 2520. The molecule has 240 valence electrons. The Kier molecular flexibility index (Phi) is 6.73. The van der Waals surface area contributed by atoms with Gasteiger partial charge in [0, 0.05) is 32.8 Å². The molecule has 1 aliphatic heterocycles. The summed E-state index contributed by atoms with van der Waals surface area (Å²) in [6, 6.07) is 58.4. The van der Waals surface area contributed by atoms with Crippen LogP contribution in [0.1, 0.15) is 22.3 Å². The summed E-state index contributed by atoms with van der Waals surface area (Å²) in [4.78, 5) is 14.8. The van der Waals surface area contributed by atoms with Gasteiger partial charge in [-0.3, -0.25) is 0 Å². The fourth-order valence-corrected chi connectivity index (χ4v) is 8.07. The van der Waals surface area contributed by atoms with Gasteiger partial charge in [0.15, 0.2) is 17.5 Å². The molecule has 2 heterocycles. The molecule has 2 aliphatic rings. The van der Waals surface area contributed by atoms with Crippen LogP contribution in [-0.2, 0) is 5.41 Å². The van der Waals surface area contributed by atoms with Crippen molar-refractivity contribution in [2.45, 2.75) is 5.41 Å². The van der Waals surface area contributed by atoms with Gasteiger partial charge in [-0.15, -0.1) is 0 Å². The third-order valence-electron chi connectivity index (χ3n) is 10.1. The Hall–Kier alpha value is -6.36. The smallest absolute Gasteiger partial charge is 0.164 e. The van der Waals surface area contributed by atoms with Gasteiger partial charge in [0.1, 0.15) is 11.5 Å². The molecule has 7 aromatic carbocycles. The topological polar surface area (TPSA) is 47.9 Å². The van der Waals surface area contributed by atoms with E-state index in [4.69, 9.17) is 31.3 Å². The quantitative estimate of drug-likeness (QED) is 0.186. The normalized spacial score (nSPS) is 13.1. The molecule has 0 unspecified atom stereocenters. The number of fused-ring (bicyclic) bond motifs is 9. The Balaban J connectivity index is 1.15. The Morgan fingerprint density at radius 1 is 0.392 bits per heavy atom. The first-order valence-electron chi connectivity index (χ1n) is 17.0. The molecular weight excluding hydrogens is 646 g/mol. The van der Waals surface area contributed by atoms with Crippen LogP contribution in [0.15, 0.2) is 170 Å². The number of nitrogens with zero attached hydrogens (tertiary/aromatic N) is 3. The van der Waals surface area contributed by atoms with Crippen molar-refractivity contribution in [3.8, 4) is 67.9 Å². The lowest BCUT2D eigenvalue weighted by Crippen LogP contribution is -2.32. The van der Waals surface area contributed by atoms with E-state index in [1.54, 1.807) is 0 Å². The lowest BCUT2D eigenvalue weighted by atomic mass is 9.66. The maximum Gasteiger partial charge on any atom is 0.164 e. The summed E-state index contributed by atoms with van der Waals surface area (Å²) in [5, 5.41) is 0.703. The molecule has 0 radical (unpaired) electrons. The van der Waals surface area contributed by atoms with Crippen LogP contribution in [0.5, 0.6) is 11.5 Å². The molecule has 5 heteroatoms. The first-order valence-corrected chi connectivity index (χ1v) is 17.3. The van der Waals surface area contributed by atoms with Crippen LogP contribution in [0.2, 0.25) is 5.02 Å². The predicted molar refractivity (Wildman–Crippen MR) is 204 cm³/mol. The molecule has 0 N–H and O–H groups in total. The first kappa shape index (κ1) is 29.5. The van der Waals surface area contributed by atoms with E-state index in [0.29, 0.717) is 22.5 Å². The number of halogens is 1. The highest BCUT2D eigenvalue weighted by Gasteiger charge is 2.51. The zero-order chi connectivity index (χ0) is 33.9. The number of ether oxygens (including phenoxy) is 1. The fourth-order valence-electron chi connectivity index (χ4n) is 7.90. The average Bonchev–Trinajstić information content (AvgIpc) is 3.48. The maximum absolute atomic E-state index is 6.77. The van der Waals surface area contributed by atoms with E-state index in [2.05, 4.69) is 91.0 Å². The summed E-state index contributed by atoms with van der Waals surface area (Å²) >= 11 is 6.77. The van der Waals surface area contributed by atoms with Crippen LogP contribution in [0, 0.1) is 0 Å². The summed E-state index contributed by atoms with van der Waals surface area (Å²) in [7, 11) is 0. The molecule has 8 aromatic rings. The minimum Gasteiger partial charge on any atom is -0.457 e. The molecule has 1 aliphatic carbocycles. The zero-order valence-corrected chi connectivity index (χ0v) is 28.0. The zero-order valence-electron chi connectivity index (χ0n) is 27.3. The van der Waals surface area contributed by atoms with E-state index in [-0.39, 0.29) is 0 Å². The summed E-state index contributed by atoms with van der Waals surface area (Å²) in [5.74, 6) is 3.63. The van der Waals surface area contributed by atoms with Crippen molar-refractivity contribution in [2.75, 3.05) is 0 Å². The molecule has 1 aromatic heterocycles. The SMILES string of the molecule is Clc1ccc2c(c1)-c1c(-c3ccc(-c4nc(-c5ccccc5)nc(-c5ccccc5)n4)cc3)cccc1C21c2ccccc2Oc2ccccc21. The van der Waals surface area contributed by atoms with E-state index in [1.165, 1.54) is 16.7 Å². The van der Waals surface area contributed by atoms with Crippen LogP contribution in [0.25, 0.3) is 56.4 Å². The van der Waals surface area contributed by atoms with Crippen molar-refractivity contribution < 1.29 is 4.74 Å². The first-order chi connectivity index (χ1) is 25.2. The van der Waals surface area contributed by atoms with Gasteiger partial charge in [0.05, 0.1) is 5.41 Å². The van der Waals surface area contributed by atoms with Crippen molar-refractivity contribution in [1.29, 1.82) is 0 Å². The summed E-state index contributed by atoms with van der Waals surface area (Å²) in [6.45, 7) is 0. The van der Waals surface area contributed by atoms with Gasteiger partial charge in [-0.25, -0.2) is 15.0 Å². The van der Waals surface area contributed by atoms with Gasteiger partial charge < -0.3 is 4.74 Å². The second-order valence-corrected chi connectivity index (χ2v) is 13.3. The largest absolute Gasteiger partial charge is 0.457 e. The molecule has 0 bridgehead atoms. The van der Waals surface area contributed by atoms with Gasteiger partial charge in [-0.05, 0) is 57.6 Å². The Morgan fingerprint density at radius 2 is 0.882 bits per heavy atom. The van der Waals surface area contributed by atoms with Gasteiger partial charge >= 0.3 is 0 Å². The van der Waals surface area contributed by atoms with Crippen LogP contribution in [0.3, 0.4) is 0 Å². The molecular formula is C46H28ClN3O. The average molecular weight is 674 g/mol. The molecule has 4 nitrogen and oxygen atoms in total. The number of benzene rings is 7. The lowest BCUT2D eigenvalue weighted by molar-refractivity contribution is 0.436. The number of rotatable bonds is 4. The highest BCUT2D eigenvalue weighted by molar-refractivity contribution is 6.31. The van der Waals surface area contributed by atoms with Crippen molar-refractivity contribution >= 4 is 11.6 Å². The second-order valence-electron chi connectivity index (χ2n) is 12.9. The van der Waals surface area contributed by atoms with Crippen molar-refractivity contribution in [1.82, 2.24) is 15.0 Å². The van der Waals surface area contributed by atoms with Gasteiger partial charge in [0.25, 0.3) is 0 Å². The van der Waals surface area contributed by atoms with E-state index in [1.807, 2.05) is 78.9 Å². The van der Waals surface area contributed by atoms with Crippen LogP contribution < -0.4 is 4.74 Å². The fraction of sp³-hybridized carbons (Fsp3) is 0.0217. The van der Waals surface area contributed by atoms with Crippen molar-refractivity contribution in [2.24, 2.45) is 0 Å². The van der Waals surface area contributed by atoms with Gasteiger partial charge in [0.2, 0.25) is 0 Å². The molecule has 0 saturated heterocycles. The third-order valence-corrected chi connectivity index (χ3v) is 10.3. The van der Waals surface area contributed by atoms with E-state index >= 15 is 0 Å². The molecule has 51 heavy (non-hydrogen) atoms. The van der Waals surface area contributed by atoms with Crippen LogP contribution >= 0.6 is 11.6 Å². The van der Waals surface area contributed by atoms with Crippen LogP contribution in [-0.4, -0.2) is 15.0 Å². The van der Waals surface area contributed by atoms with Gasteiger partial charge in [-0.2, -0.15) is 0 Å². The molecule has 0 atom stereocenters. The molecule has 1 spiro atoms. The highest BCUT2D eigenvalue weighted by Crippen LogP contribution is 2.63. The Morgan fingerprint density at radius 3 is 1.47 bits per heavy atom. The number of para-hydroxylation sites is 2. The summed E-state index contributed by atoms with van der Waals surface area (Å²) in [5.41, 5.74) is 11.4. The van der Waals surface area contributed by atoms with E-state index in [0.717, 1.165) is 56.0 Å². The molecule has 0 amide bonds. The lowest BCUT2D eigenvalue weighted by Gasteiger charge is -2.39. The summed E-state index contributed by atoms with van der Waals surface area (Å²) < 4.78 is 6.52. The minimum atomic E-state index is -0.566. The molecule has 0 saturated carbocycles. The maximum atomic E-state index is 6.77. The highest BCUT2D eigenvalue weighted by atomic mass is 35.5. The summed E-state index contributed by atoms with van der Waals surface area (Å²) in [6.07, 6.45) is 0. The monoisotopic (exact) mass is 673 g/mol. The molecule has 0 fully saturated rings. The van der Waals surface area contributed by atoms with Crippen LogP contribution in [0.4, 0.5) is 0 Å². The van der Waals surface area contributed by atoms with Crippen molar-refractivity contribution in [3.05, 3.63) is 197 Å².